The maximum absolute atomic E-state index is 12.4. The third-order valence-electron chi connectivity index (χ3n) is 3.54. The number of ether oxygens (including phenoxy) is 1. The fourth-order valence-corrected chi connectivity index (χ4v) is 2.84. The second kappa shape index (κ2) is 9.28. The highest BCUT2D eigenvalue weighted by Crippen LogP contribution is 2.35. The summed E-state index contributed by atoms with van der Waals surface area (Å²) in [5, 5.41) is 12.7. The highest BCUT2D eigenvalue weighted by atomic mass is 35.5. The number of nitriles is 1. The number of para-hydroxylation sites is 1. The maximum atomic E-state index is 12.4. The molecular formula is C20H18Cl2N2O2. The Morgan fingerprint density at radius 2 is 1.92 bits per heavy atom. The minimum atomic E-state index is -0.500. The lowest BCUT2D eigenvalue weighted by molar-refractivity contribution is -0.112. The van der Waals surface area contributed by atoms with Crippen molar-refractivity contribution in [2.24, 2.45) is 0 Å². The molecule has 0 bridgehead atoms. The molecule has 0 radical (unpaired) electrons. The molecular weight excluding hydrogens is 371 g/mol. The van der Waals surface area contributed by atoms with Crippen LogP contribution in [0.4, 0.5) is 5.69 Å². The number of aryl methyl sites for hydroxylation is 1. The lowest BCUT2D eigenvalue weighted by atomic mass is 10.1. The van der Waals surface area contributed by atoms with Crippen LogP contribution in [0, 0.1) is 18.3 Å². The normalized spacial score (nSPS) is 11.0. The number of hydrogen-bond acceptors (Lipinski definition) is 3. The predicted octanol–water partition coefficient (Wildman–Crippen LogP) is 5.64. The summed E-state index contributed by atoms with van der Waals surface area (Å²) in [5.74, 6) is -0.101. The van der Waals surface area contributed by atoms with Gasteiger partial charge in [0, 0.05) is 5.69 Å². The number of rotatable bonds is 6. The molecule has 0 aliphatic heterocycles. The number of anilines is 1. The van der Waals surface area contributed by atoms with Crippen molar-refractivity contribution in [3.63, 3.8) is 0 Å². The highest BCUT2D eigenvalue weighted by Gasteiger charge is 2.13. The van der Waals surface area contributed by atoms with Gasteiger partial charge in [-0.05, 0) is 48.7 Å². The molecule has 0 saturated heterocycles. The highest BCUT2D eigenvalue weighted by molar-refractivity contribution is 6.37. The number of hydrogen-bond donors (Lipinski definition) is 1. The van der Waals surface area contributed by atoms with Gasteiger partial charge in [-0.1, -0.05) is 48.3 Å². The van der Waals surface area contributed by atoms with E-state index in [1.807, 2.05) is 38.1 Å². The Kier molecular flexibility index (Phi) is 7.08. The van der Waals surface area contributed by atoms with Crippen LogP contribution in [0.3, 0.4) is 0 Å². The lowest BCUT2D eigenvalue weighted by Crippen LogP contribution is -2.14. The molecule has 0 spiro atoms. The zero-order valence-corrected chi connectivity index (χ0v) is 16.0. The van der Waals surface area contributed by atoms with E-state index in [1.54, 1.807) is 18.2 Å². The fraction of sp³-hybridized carbons (Fsp3) is 0.200. The van der Waals surface area contributed by atoms with Crippen molar-refractivity contribution in [1.29, 1.82) is 5.26 Å². The van der Waals surface area contributed by atoms with Crippen molar-refractivity contribution in [2.45, 2.75) is 20.3 Å². The molecule has 2 rings (SSSR count). The van der Waals surface area contributed by atoms with E-state index < -0.39 is 5.91 Å². The Morgan fingerprint density at radius 1 is 1.27 bits per heavy atom. The van der Waals surface area contributed by atoms with E-state index in [0.29, 0.717) is 33.7 Å². The molecule has 0 fully saturated rings. The van der Waals surface area contributed by atoms with Gasteiger partial charge in [0.05, 0.1) is 16.7 Å². The third kappa shape index (κ3) is 5.01. The Morgan fingerprint density at radius 3 is 2.50 bits per heavy atom. The Bertz CT molecular complexity index is 863. The first kappa shape index (κ1) is 19.8. The summed E-state index contributed by atoms with van der Waals surface area (Å²) in [6.45, 7) is 4.35. The van der Waals surface area contributed by atoms with Crippen LogP contribution in [0.2, 0.25) is 10.0 Å². The maximum Gasteiger partial charge on any atom is 0.266 e. The van der Waals surface area contributed by atoms with Crippen LogP contribution in [0.5, 0.6) is 5.75 Å². The molecule has 0 aromatic heterocycles. The summed E-state index contributed by atoms with van der Waals surface area (Å²) in [4.78, 5) is 12.4. The predicted molar refractivity (Wildman–Crippen MR) is 106 cm³/mol. The average molecular weight is 389 g/mol. The molecule has 0 atom stereocenters. The van der Waals surface area contributed by atoms with Crippen molar-refractivity contribution in [3.05, 3.63) is 63.1 Å². The van der Waals surface area contributed by atoms with Gasteiger partial charge in [-0.2, -0.15) is 5.26 Å². The Balaban J connectivity index is 2.27. The molecule has 134 valence electrons. The largest absolute Gasteiger partial charge is 0.490 e. The summed E-state index contributed by atoms with van der Waals surface area (Å²) in [5.41, 5.74) is 2.04. The van der Waals surface area contributed by atoms with Gasteiger partial charge < -0.3 is 10.1 Å². The number of carbonyl (C=O) groups is 1. The summed E-state index contributed by atoms with van der Waals surface area (Å²) >= 11 is 12.4. The van der Waals surface area contributed by atoms with Crippen LogP contribution in [0.1, 0.15) is 24.5 Å². The van der Waals surface area contributed by atoms with Crippen molar-refractivity contribution in [3.8, 4) is 11.8 Å². The topological polar surface area (TPSA) is 62.1 Å². The van der Waals surface area contributed by atoms with E-state index in [9.17, 15) is 10.1 Å². The third-order valence-corrected chi connectivity index (χ3v) is 4.10. The zero-order chi connectivity index (χ0) is 19.1. The van der Waals surface area contributed by atoms with Crippen LogP contribution in [0.15, 0.2) is 42.0 Å². The molecule has 0 saturated carbocycles. The van der Waals surface area contributed by atoms with E-state index in [2.05, 4.69) is 5.32 Å². The molecule has 0 unspecified atom stereocenters. The van der Waals surface area contributed by atoms with Gasteiger partial charge in [0.25, 0.3) is 5.91 Å². The van der Waals surface area contributed by atoms with Gasteiger partial charge in [-0.3, -0.25) is 4.79 Å². The molecule has 0 heterocycles. The standard InChI is InChI=1S/C20H18Cl2N2O2/c1-3-8-26-19-16(21)10-14(11-17(19)22)9-15(12-23)20(25)24-18-7-5-4-6-13(18)2/h4-7,9-11H,3,8H2,1-2H3,(H,24,25)/b15-9+. The first-order chi connectivity index (χ1) is 12.5. The van der Waals surface area contributed by atoms with E-state index in [1.165, 1.54) is 6.08 Å². The minimum Gasteiger partial charge on any atom is -0.490 e. The van der Waals surface area contributed by atoms with Gasteiger partial charge in [0.1, 0.15) is 11.6 Å². The van der Waals surface area contributed by atoms with Gasteiger partial charge >= 0.3 is 0 Å². The quantitative estimate of drug-likeness (QED) is 0.514. The molecule has 1 N–H and O–H groups in total. The van der Waals surface area contributed by atoms with Crippen LogP contribution in [-0.2, 0) is 4.79 Å². The summed E-state index contributed by atoms with van der Waals surface area (Å²) in [6.07, 6.45) is 2.26. The first-order valence-electron chi connectivity index (χ1n) is 8.07. The number of benzene rings is 2. The smallest absolute Gasteiger partial charge is 0.266 e. The van der Waals surface area contributed by atoms with Crippen LogP contribution in [-0.4, -0.2) is 12.5 Å². The van der Waals surface area contributed by atoms with Gasteiger partial charge in [-0.15, -0.1) is 0 Å². The molecule has 2 aromatic carbocycles. The molecule has 6 heteroatoms. The Labute approximate surface area is 163 Å². The minimum absolute atomic E-state index is 0.0531. The molecule has 26 heavy (non-hydrogen) atoms. The summed E-state index contributed by atoms with van der Waals surface area (Å²) in [7, 11) is 0. The van der Waals surface area contributed by atoms with Crippen molar-refractivity contribution in [1.82, 2.24) is 0 Å². The number of nitrogens with zero attached hydrogens (tertiary/aromatic N) is 1. The first-order valence-corrected chi connectivity index (χ1v) is 8.82. The lowest BCUT2D eigenvalue weighted by Gasteiger charge is -2.10. The van der Waals surface area contributed by atoms with Crippen molar-refractivity contribution < 1.29 is 9.53 Å². The number of halogens is 2. The summed E-state index contributed by atoms with van der Waals surface area (Å²) in [6, 6.07) is 12.5. The number of carbonyl (C=O) groups excluding carboxylic acids is 1. The molecule has 0 aliphatic carbocycles. The number of nitrogens with one attached hydrogen (secondary N) is 1. The Hall–Kier alpha value is -2.48. The second-order valence-electron chi connectivity index (χ2n) is 5.60. The van der Waals surface area contributed by atoms with Crippen LogP contribution < -0.4 is 10.1 Å². The van der Waals surface area contributed by atoms with Gasteiger partial charge in [0.15, 0.2) is 5.75 Å². The monoisotopic (exact) mass is 388 g/mol. The molecule has 2 aromatic rings. The average Bonchev–Trinajstić information content (AvgIpc) is 2.61. The zero-order valence-electron chi connectivity index (χ0n) is 14.5. The van der Waals surface area contributed by atoms with E-state index in [0.717, 1.165) is 12.0 Å². The van der Waals surface area contributed by atoms with Crippen molar-refractivity contribution >= 4 is 40.9 Å². The van der Waals surface area contributed by atoms with E-state index in [-0.39, 0.29) is 5.57 Å². The SMILES string of the molecule is CCCOc1c(Cl)cc(/C=C(\C#N)C(=O)Nc2ccccc2C)cc1Cl. The van der Waals surface area contributed by atoms with E-state index in [4.69, 9.17) is 27.9 Å². The van der Waals surface area contributed by atoms with Crippen LogP contribution in [0.25, 0.3) is 6.08 Å². The van der Waals surface area contributed by atoms with Crippen LogP contribution >= 0.6 is 23.2 Å². The molecule has 0 aliphatic rings. The molecule has 4 nitrogen and oxygen atoms in total. The molecule has 1 amide bonds. The number of amides is 1. The van der Waals surface area contributed by atoms with Crippen molar-refractivity contribution in [2.75, 3.05) is 11.9 Å². The van der Waals surface area contributed by atoms with E-state index >= 15 is 0 Å². The van der Waals surface area contributed by atoms with Gasteiger partial charge in [-0.25, -0.2) is 0 Å². The second-order valence-corrected chi connectivity index (χ2v) is 6.42. The fourth-order valence-electron chi connectivity index (χ4n) is 2.22. The van der Waals surface area contributed by atoms with Gasteiger partial charge in [0.2, 0.25) is 0 Å². The summed E-state index contributed by atoms with van der Waals surface area (Å²) < 4.78 is 5.51.